The molecule has 0 radical (unpaired) electrons. The van der Waals surface area contributed by atoms with Crippen LogP contribution >= 0.6 is 0 Å². The highest BCUT2D eigenvalue weighted by atomic mass is 19.1. The second-order valence-corrected chi connectivity index (χ2v) is 5.29. The molecule has 110 valence electrons. The van der Waals surface area contributed by atoms with E-state index in [1.165, 1.54) is 12.1 Å². The van der Waals surface area contributed by atoms with E-state index in [9.17, 15) is 4.39 Å². The maximum Gasteiger partial charge on any atom is 0.123 e. The molecule has 1 fully saturated rings. The van der Waals surface area contributed by atoms with Gasteiger partial charge < -0.3 is 4.90 Å². The average Bonchev–Trinajstić information content (AvgIpc) is 2.53. The van der Waals surface area contributed by atoms with Gasteiger partial charge >= 0.3 is 0 Å². The topological polar surface area (TPSA) is 54.1 Å². The van der Waals surface area contributed by atoms with Gasteiger partial charge in [-0.25, -0.2) is 4.39 Å². The summed E-state index contributed by atoms with van der Waals surface area (Å²) in [6, 6.07) is 10.9. The second kappa shape index (κ2) is 7.61. The molecule has 1 heterocycles. The van der Waals surface area contributed by atoms with Crippen molar-refractivity contribution in [2.45, 2.75) is 12.8 Å². The van der Waals surface area contributed by atoms with Crippen LogP contribution in [-0.4, -0.2) is 37.6 Å². The number of piperazine rings is 1. The first-order chi connectivity index (χ1) is 10.2. The Morgan fingerprint density at radius 2 is 1.76 bits per heavy atom. The largest absolute Gasteiger partial charge is 0.369 e. The highest BCUT2D eigenvalue weighted by Gasteiger charge is 2.20. The summed E-state index contributed by atoms with van der Waals surface area (Å²) in [5.41, 5.74) is 1.04. The van der Waals surface area contributed by atoms with Crippen LogP contribution in [0.1, 0.15) is 12.8 Å². The standard InChI is InChI=1S/C16H19FN4/c17-15-3-5-16(6-4-15)21-10-8-20(9-11-21)13-14(12-19)2-1-7-18/h3-6,14H,1-2,8-11,13H2. The van der Waals surface area contributed by atoms with Crippen LogP contribution in [0.5, 0.6) is 0 Å². The molecule has 0 saturated carbocycles. The highest BCUT2D eigenvalue weighted by Crippen LogP contribution is 2.18. The SMILES string of the molecule is N#CCCC(C#N)CN1CCN(c2ccc(F)cc2)CC1. The van der Waals surface area contributed by atoms with Crippen molar-refractivity contribution < 1.29 is 4.39 Å². The predicted octanol–water partition coefficient (Wildman–Crippen LogP) is 2.39. The van der Waals surface area contributed by atoms with E-state index >= 15 is 0 Å². The van der Waals surface area contributed by atoms with E-state index in [0.717, 1.165) is 38.4 Å². The van der Waals surface area contributed by atoms with Crippen molar-refractivity contribution in [3.63, 3.8) is 0 Å². The summed E-state index contributed by atoms with van der Waals surface area (Å²) >= 11 is 0. The molecular formula is C16H19FN4. The molecule has 0 aromatic heterocycles. The van der Waals surface area contributed by atoms with Gasteiger partial charge in [0.25, 0.3) is 0 Å². The first-order valence-electron chi connectivity index (χ1n) is 7.22. The number of rotatable bonds is 5. The third kappa shape index (κ3) is 4.44. The number of nitriles is 2. The molecule has 1 aliphatic heterocycles. The number of hydrogen-bond acceptors (Lipinski definition) is 4. The molecule has 0 spiro atoms. The van der Waals surface area contributed by atoms with Crippen molar-refractivity contribution in [1.29, 1.82) is 10.5 Å². The molecule has 0 bridgehead atoms. The molecule has 1 unspecified atom stereocenters. The highest BCUT2D eigenvalue weighted by molar-refractivity contribution is 5.46. The molecule has 5 heteroatoms. The zero-order valence-electron chi connectivity index (χ0n) is 12.0. The Morgan fingerprint density at radius 3 is 2.33 bits per heavy atom. The van der Waals surface area contributed by atoms with Crippen LogP contribution in [-0.2, 0) is 0 Å². The number of anilines is 1. The van der Waals surface area contributed by atoms with E-state index in [0.29, 0.717) is 12.8 Å². The van der Waals surface area contributed by atoms with E-state index in [1.54, 1.807) is 12.1 Å². The summed E-state index contributed by atoms with van der Waals surface area (Å²) < 4.78 is 12.9. The Hall–Kier alpha value is -2.11. The van der Waals surface area contributed by atoms with Crippen LogP contribution in [0.4, 0.5) is 10.1 Å². The lowest BCUT2D eigenvalue weighted by atomic mass is 10.0. The number of nitrogens with zero attached hydrogens (tertiary/aromatic N) is 4. The smallest absolute Gasteiger partial charge is 0.123 e. The van der Waals surface area contributed by atoms with Gasteiger partial charge in [0.15, 0.2) is 0 Å². The van der Waals surface area contributed by atoms with Gasteiger partial charge in [0.05, 0.1) is 18.1 Å². The average molecular weight is 286 g/mol. The lowest BCUT2D eigenvalue weighted by Gasteiger charge is -2.36. The molecule has 4 nitrogen and oxygen atoms in total. The second-order valence-electron chi connectivity index (χ2n) is 5.29. The van der Waals surface area contributed by atoms with Gasteiger partial charge in [-0.3, -0.25) is 4.90 Å². The summed E-state index contributed by atoms with van der Waals surface area (Å²) in [7, 11) is 0. The minimum absolute atomic E-state index is 0.0676. The predicted molar refractivity (Wildman–Crippen MR) is 79.0 cm³/mol. The van der Waals surface area contributed by atoms with Crippen molar-refractivity contribution in [2.24, 2.45) is 5.92 Å². The van der Waals surface area contributed by atoms with Crippen molar-refractivity contribution in [2.75, 3.05) is 37.6 Å². The fourth-order valence-corrected chi connectivity index (χ4v) is 2.59. The fourth-order valence-electron chi connectivity index (χ4n) is 2.59. The Balaban J connectivity index is 1.81. The molecule has 0 amide bonds. The summed E-state index contributed by atoms with van der Waals surface area (Å²) in [4.78, 5) is 4.50. The Kier molecular flexibility index (Phi) is 5.54. The molecule has 1 atom stereocenters. The molecule has 21 heavy (non-hydrogen) atoms. The molecule has 2 rings (SSSR count). The quantitative estimate of drug-likeness (QED) is 0.834. The van der Waals surface area contributed by atoms with Crippen LogP contribution in [0.25, 0.3) is 0 Å². The van der Waals surface area contributed by atoms with E-state index in [1.807, 2.05) is 0 Å². The normalized spacial score (nSPS) is 17.0. The van der Waals surface area contributed by atoms with Crippen LogP contribution in [0.15, 0.2) is 24.3 Å². The van der Waals surface area contributed by atoms with Crippen molar-refractivity contribution in [1.82, 2.24) is 4.90 Å². The van der Waals surface area contributed by atoms with Gasteiger partial charge in [-0.2, -0.15) is 10.5 Å². The Bertz CT molecular complexity index is 521. The zero-order chi connectivity index (χ0) is 15.1. The monoisotopic (exact) mass is 286 g/mol. The summed E-state index contributed by atoms with van der Waals surface area (Å²) in [6.45, 7) is 4.27. The third-order valence-corrected chi connectivity index (χ3v) is 3.83. The maximum atomic E-state index is 12.9. The summed E-state index contributed by atoms with van der Waals surface area (Å²) in [5, 5.41) is 17.7. The van der Waals surface area contributed by atoms with Crippen LogP contribution in [0.3, 0.4) is 0 Å². The minimum Gasteiger partial charge on any atom is -0.369 e. The molecule has 1 aliphatic rings. The van der Waals surface area contributed by atoms with Gasteiger partial charge in [0.2, 0.25) is 0 Å². The van der Waals surface area contributed by atoms with E-state index in [4.69, 9.17) is 10.5 Å². The molecule has 1 aromatic rings. The molecule has 1 saturated heterocycles. The fraction of sp³-hybridized carbons (Fsp3) is 0.500. The van der Waals surface area contributed by atoms with Crippen molar-refractivity contribution >= 4 is 5.69 Å². The van der Waals surface area contributed by atoms with Gasteiger partial charge in [-0.05, 0) is 30.7 Å². The number of hydrogen-bond donors (Lipinski definition) is 0. The van der Waals surface area contributed by atoms with Gasteiger partial charge in [-0.15, -0.1) is 0 Å². The van der Waals surface area contributed by atoms with Gasteiger partial charge in [-0.1, -0.05) is 0 Å². The first-order valence-corrected chi connectivity index (χ1v) is 7.22. The molecule has 0 aliphatic carbocycles. The Labute approximate surface area is 125 Å². The minimum atomic E-state index is -0.216. The van der Waals surface area contributed by atoms with E-state index in [2.05, 4.69) is 21.9 Å². The van der Waals surface area contributed by atoms with Crippen molar-refractivity contribution in [3.05, 3.63) is 30.1 Å². The van der Waals surface area contributed by atoms with Gasteiger partial charge in [0.1, 0.15) is 5.82 Å². The zero-order valence-corrected chi connectivity index (χ0v) is 12.0. The molecular weight excluding hydrogens is 267 g/mol. The lowest BCUT2D eigenvalue weighted by molar-refractivity contribution is 0.233. The number of benzene rings is 1. The number of halogens is 1. The van der Waals surface area contributed by atoms with E-state index < -0.39 is 0 Å². The lowest BCUT2D eigenvalue weighted by Crippen LogP contribution is -2.47. The van der Waals surface area contributed by atoms with Crippen molar-refractivity contribution in [3.8, 4) is 12.1 Å². The molecule has 0 N–H and O–H groups in total. The van der Waals surface area contributed by atoms with Crippen LogP contribution in [0.2, 0.25) is 0 Å². The van der Waals surface area contributed by atoms with Crippen LogP contribution in [0, 0.1) is 34.4 Å². The maximum absolute atomic E-state index is 12.9. The third-order valence-electron chi connectivity index (χ3n) is 3.83. The molecule has 1 aromatic carbocycles. The van der Waals surface area contributed by atoms with Crippen LogP contribution < -0.4 is 4.90 Å². The summed E-state index contributed by atoms with van der Waals surface area (Å²) in [6.07, 6.45) is 1.08. The van der Waals surface area contributed by atoms with Gasteiger partial charge in [0, 0.05) is 44.8 Å². The summed E-state index contributed by atoms with van der Waals surface area (Å²) in [5.74, 6) is -0.284. The first kappa shape index (κ1) is 15.3. The van der Waals surface area contributed by atoms with E-state index in [-0.39, 0.29) is 11.7 Å². The Morgan fingerprint density at radius 1 is 1.10 bits per heavy atom.